The van der Waals surface area contributed by atoms with Crippen LogP contribution < -0.4 is 16.6 Å². The van der Waals surface area contributed by atoms with E-state index in [1.165, 1.54) is 0 Å². The molecule has 0 amide bonds. The van der Waals surface area contributed by atoms with Gasteiger partial charge in [-0.25, -0.2) is 0 Å². The number of carbonyl (C=O) groups excluding carboxylic acids is 1. The minimum Gasteiger partial charge on any atom is -0.544 e. The van der Waals surface area contributed by atoms with E-state index in [1.54, 1.807) is 0 Å². The molecule has 0 aliphatic carbocycles. The molecule has 0 bridgehead atoms. The van der Waals surface area contributed by atoms with Crippen molar-refractivity contribution in [2.45, 2.75) is 6.04 Å². The highest BCUT2D eigenvalue weighted by Crippen LogP contribution is 1.57. The molecule has 1 atom stereocenters. The molecule has 6 N–H and O–H groups in total. The van der Waals surface area contributed by atoms with Gasteiger partial charge >= 0.3 is 0 Å². The molecule has 0 aromatic carbocycles. The van der Waals surface area contributed by atoms with E-state index in [-0.39, 0.29) is 0 Å². The smallest absolute Gasteiger partial charge is 0.174 e. The quantitative estimate of drug-likeness (QED) is 0.371. The summed E-state index contributed by atoms with van der Waals surface area (Å²) < 4.78 is 0. The monoisotopic (exact) mass is 105 g/mol. The Balaban J connectivity index is 3.34. The second-order valence-corrected chi connectivity index (χ2v) is 1.30. The molecule has 4 heteroatoms. The summed E-state index contributed by atoms with van der Waals surface area (Å²) >= 11 is 0. The van der Waals surface area contributed by atoms with E-state index in [4.69, 9.17) is 0 Å². The second kappa shape index (κ2) is 2.54. The van der Waals surface area contributed by atoms with Crippen molar-refractivity contribution >= 4 is 5.97 Å². The highest BCUT2D eigenvalue weighted by molar-refractivity contribution is 5.69. The fourth-order valence-electron chi connectivity index (χ4n) is 0.118. The van der Waals surface area contributed by atoms with Crippen molar-refractivity contribution in [3.8, 4) is 0 Å². The van der Waals surface area contributed by atoms with Crippen molar-refractivity contribution in [3.63, 3.8) is 0 Å². The first-order valence-electron chi connectivity index (χ1n) is 2.01. The zero-order chi connectivity index (χ0) is 5.86. The van der Waals surface area contributed by atoms with Gasteiger partial charge in [-0.2, -0.15) is 0 Å². The highest BCUT2D eigenvalue weighted by atomic mass is 16.4. The SMILES string of the molecule is [NH3+]C[C@@H]([NH3+])C(=O)[O-]. The van der Waals surface area contributed by atoms with Gasteiger partial charge in [0, 0.05) is 0 Å². The Labute approximate surface area is 41.1 Å². The summed E-state index contributed by atoms with van der Waals surface area (Å²) in [6.45, 7) is 0.294. The third-order valence-electron chi connectivity index (χ3n) is 0.682. The minimum absolute atomic E-state index is 0.294. The maximum atomic E-state index is 9.72. The van der Waals surface area contributed by atoms with Crippen molar-refractivity contribution < 1.29 is 21.4 Å². The maximum absolute atomic E-state index is 9.72. The molecule has 0 unspecified atom stereocenters. The predicted molar refractivity (Wildman–Crippen MR) is 19.4 cm³/mol. The Hall–Kier alpha value is -0.610. The van der Waals surface area contributed by atoms with Gasteiger partial charge in [0.25, 0.3) is 0 Å². The van der Waals surface area contributed by atoms with Crippen LogP contribution in [0.3, 0.4) is 0 Å². The lowest BCUT2D eigenvalue weighted by Gasteiger charge is -2.00. The number of quaternary nitrogens is 2. The average Bonchev–Trinajstić information content (AvgIpc) is 1.65. The Kier molecular flexibility index (Phi) is 2.32. The van der Waals surface area contributed by atoms with Gasteiger partial charge in [0.05, 0.1) is 0 Å². The summed E-state index contributed by atoms with van der Waals surface area (Å²) in [7, 11) is 0. The van der Waals surface area contributed by atoms with E-state index in [9.17, 15) is 9.90 Å². The minimum atomic E-state index is -1.13. The van der Waals surface area contributed by atoms with E-state index in [0.717, 1.165) is 0 Å². The van der Waals surface area contributed by atoms with Crippen LogP contribution in [0.4, 0.5) is 0 Å². The standard InChI is InChI=1S/C3H8N2O2/c4-1-2(5)3(6)7/h2H,1,4-5H2,(H,6,7)/p+1/t2-/m1/s1. The number of rotatable bonds is 2. The van der Waals surface area contributed by atoms with Gasteiger partial charge in [0.2, 0.25) is 0 Å². The maximum Gasteiger partial charge on any atom is 0.174 e. The molecule has 0 aliphatic heterocycles. The van der Waals surface area contributed by atoms with Crippen molar-refractivity contribution in [1.82, 2.24) is 0 Å². The first kappa shape index (κ1) is 6.39. The largest absolute Gasteiger partial charge is 0.544 e. The Morgan fingerprint density at radius 3 is 2.29 bits per heavy atom. The number of carbonyl (C=O) groups is 1. The fraction of sp³-hybridized carbons (Fsp3) is 0.667. The first-order chi connectivity index (χ1) is 3.18. The van der Waals surface area contributed by atoms with E-state index < -0.39 is 12.0 Å². The summed E-state index contributed by atoms with van der Waals surface area (Å²) in [5, 5.41) is 9.72. The number of hydrogen-bond donors (Lipinski definition) is 2. The molecular formula is C3H9N2O2+. The Bertz CT molecular complexity index is 73.3. The lowest BCUT2D eigenvalue weighted by Crippen LogP contribution is -2.77. The van der Waals surface area contributed by atoms with Crippen molar-refractivity contribution in [2.75, 3.05) is 6.54 Å². The van der Waals surface area contributed by atoms with Crippen LogP contribution in [0, 0.1) is 0 Å². The number of aliphatic carboxylic acids is 1. The van der Waals surface area contributed by atoms with Gasteiger partial charge in [0.15, 0.2) is 6.04 Å². The topological polar surface area (TPSA) is 95.4 Å². The fourth-order valence-corrected chi connectivity index (χ4v) is 0.118. The van der Waals surface area contributed by atoms with Crippen LogP contribution in [0.25, 0.3) is 0 Å². The average molecular weight is 105 g/mol. The normalized spacial score (nSPS) is 13.4. The molecule has 0 rings (SSSR count). The van der Waals surface area contributed by atoms with Gasteiger partial charge in [-0.15, -0.1) is 0 Å². The second-order valence-electron chi connectivity index (χ2n) is 1.30. The molecular weight excluding hydrogens is 96.0 g/mol. The molecule has 0 aromatic rings. The molecule has 7 heavy (non-hydrogen) atoms. The van der Waals surface area contributed by atoms with Crippen molar-refractivity contribution in [2.24, 2.45) is 0 Å². The van der Waals surface area contributed by atoms with E-state index in [2.05, 4.69) is 11.5 Å². The van der Waals surface area contributed by atoms with E-state index >= 15 is 0 Å². The molecule has 0 spiro atoms. The van der Waals surface area contributed by atoms with Crippen molar-refractivity contribution in [1.29, 1.82) is 0 Å². The number of carboxylic acids is 1. The zero-order valence-electron chi connectivity index (χ0n) is 4.02. The molecule has 4 nitrogen and oxygen atoms in total. The molecule has 0 aromatic heterocycles. The van der Waals surface area contributed by atoms with Gasteiger partial charge in [-0.3, -0.25) is 0 Å². The van der Waals surface area contributed by atoms with Gasteiger partial charge in [-0.05, 0) is 0 Å². The molecule has 0 aliphatic rings. The van der Waals surface area contributed by atoms with E-state index in [0.29, 0.717) is 6.54 Å². The summed E-state index contributed by atoms with van der Waals surface area (Å²) in [5.41, 5.74) is 6.56. The predicted octanol–water partition coefficient (Wildman–Crippen LogP) is -4.41. The first-order valence-corrected chi connectivity index (χ1v) is 2.01. The van der Waals surface area contributed by atoms with Gasteiger partial charge in [-0.1, -0.05) is 0 Å². The highest BCUT2D eigenvalue weighted by Gasteiger charge is 2.03. The third kappa shape index (κ3) is 2.13. The molecule has 42 valence electrons. The Morgan fingerprint density at radius 2 is 2.29 bits per heavy atom. The number of carboxylic acid groups (broad SMARTS) is 1. The zero-order valence-corrected chi connectivity index (χ0v) is 4.02. The van der Waals surface area contributed by atoms with Crippen LogP contribution in [0.2, 0.25) is 0 Å². The van der Waals surface area contributed by atoms with E-state index in [1.807, 2.05) is 0 Å². The molecule has 0 heterocycles. The molecule has 0 radical (unpaired) electrons. The van der Waals surface area contributed by atoms with Crippen LogP contribution >= 0.6 is 0 Å². The number of hydrogen-bond acceptors (Lipinski definition) is 2. The van der Waals surface area contributed by atoms with Gasteiger partial charge in [0.1, 0.15) is 12.5 Å². The third-order valence-corrected chi connectivity index (χ3v) is 0.682. The van der Waals surface area contributed by atoms with Crippen LogP contribution in [0.1, 0.15) is 0 Å². The summed E-state index contributed by atoms with van der Waals surface area (Å²) in [4.78, 5) is 9.72. The van der Waals surface area contributed by atoms with Crippen LogP contribution in [0.15, 0.2) is 0 Å². The van der Waals surface area contributed by atoms with Crippen LogP contribution in [-0.4, -0.2) is 18.6 Å². The van der Waals surface area contributed by atoms with Crippen molar-refractivity contribution in [3.05, 3.63) is 0 Å². The van der Waals surface area contributed by atoms with Gasteiger partial charge < -0.3 is 21.4 Å². The lowest BCUT2D eigenvalue weighted by molar-refractivity contribution is -0.496. The Morgan fingerprint density at radius 1 is 1.86 bits per heavy atom. The summed E-state index contributed by atoms with van der Waals surface area (Å²) in [5.74, 6) is -1.13. The molecule has 0 saturated carbocycles. The van der Waals surface area contributed by atoms with Crippen LogP contribution in [0.5, 0.6) is 0 Å². The summed E-state index contributed by atoms with van der Waals surface area (Å²) in [6, 6.07) is -0.653. The summed E-state index contributed by atoms with van der Waals surface area (Å²) in [6.07, 6.45) is 0. The van der Waals surface area contributed by atoms with Crippen LogP contribution in [-0.2, 0) is 4.79 Å². The lowest BCUT2D eigenvalue weighted by atomic mass is 10.3. The molecule has 0 saturated heterocycles. The molecule has 0 fully saturated rings.